The van der Waals surface area contributed by atoms with Gasteiger partial charge in [0.2, 0.25) is 0 Å². The number of unbranched alkanes of at least 4 members (excludes halogenated alkanes) is 1. The second-order valence-electron chi connectivity index (χ2n) is 6.18. The van der Waals surface area contributed by atoms with Crippen LogP contribution in [0.5, 0.6) is 0 Å². The van der Waals surface area contributed by atoms with Gasteiger partial charge in [-0.15, -0.1) is 0 Å². The summed E-state index contributed by atoms with van der Waals surface area (Å²) in [7, 11) is 0. The van der Waals surface area contributed by atoms with Gasteiger partial charge in [0.05, 0.1) is 6.61 Å². The lowest BCUT2D eigenvalue weighted by Crippen LogP contribution is -2.47. The van der Waals surface area contributed by atoms with Gasteiger partial charge in [-0.05, 0) is 44.6 Å². The third kappa shape index (κ3) is 5.05. The molecule has 112 valence electrons. The molecule has 0 aromatic rings. The smallest absolute Gasteiger partial charge is 0.0591 e. The van der Waals surface area contributed by atoms with Gasteiger partial charge in [-0.3, -0.25) is 0 Å². The molecule has 2 N–H and O–H groups in total. The first-order chi connectivity index (χ1) is 9.42. The first-order valence-electron chi connectivity index (χ1n) is 8.46. The van der Waals surface area contributed by atoms with E-state index in [0.29, 0.717) is 0 Å². The van der Waals surface area contributed by atoms with Crippen LogP contribution >= 0.6 is 0 Å². The second kappa shape index (κ2) is 8.93. The minimum Gasteiger partial charge on any atom is -0.380 e. The maximum atomic E-state index is 5.64. The van der Waals surface area contributed by atoms with E-state index in [0.717, 1.165) is 37.8 Å². The van der Waals surface area contributed by atoms with E-state index in [9.17, 15) is 0 Å². The summed E-state index contributed by atoms with van der Waals surface area (Å²) in [5.41, 5.74) is 0. The highest BCUT2D eigenvalue weighted by molar-refractivity contribution is 4.92. The van der Waals surface area contributed by atoms with Crippen molar-refractivity contribution in [2.75, 3.05) is 26.3 Å². The Morgan fingerprint density at radius 3 is 2.84 bits per heavy atom. The van der Waals surface area contributed by atoms with Gasteiger partial charge in [0.15, 0.2) is 0 Å². The highest BCUT2D eigenvalue weighted by atomic mass is 16.5. The molecule has 2 fully saturated rings. The number of ether oxygens (including phenoxy) is 1. The lowest BCUT2D eigenvalue weighted by atomic mass is 9.88. The fourth-order valence-corrected chi connectivity index (χ4v) is 3.63. The topological polar surface area (TPSA) is 33.3 Å². The second-order valence-corrected chi connectivity index (χ2v) is 6.18. The van der Waals surface area contributed by atoms with E-state index in [2.05, 4.69) is 17.6 Å². The molecule has 1 saturated heterocycles. The van der Waals surface area contributed by atoms with Crippen LogP contribution in [0.25, 0.3) is 0 Å². The Kier molecular flexibility index (Phi) is 7.18. The molecule has 0 aromatic carbocycles. The van der Waals surface area contributed by atoms with Gasteiger partial charge in [0.25, 0.3) is 0 Å². The van der Waals surface area contributed by atoms with Crippen molar-refractivity contribution in [3.05, 3.63) is 0 Å². The Balaban J connectivity index is 1.61. The van der Waals surface area contributed by atoms with Crippen molar-refractivity contribution in [1.82, 2.24) is 10.6 Å². The first-order valence-corrected chi connectivity index (χ1v) is 8.46. The predicted molar refractivity (Wildman–Crippen MR) is 80.5 cm³/mol. The average molecular weight is 268 g/mol. The van der Waals surface area contributed by atoms with Crippen molar-refractivity contribution in [1.29, 1.82) is 0 Å². The molecule has 0 bridgehead atoms. The quantitative estimate of drug-likeness (QED) is 0.664. The van der Waals surface area contributed by atoms with Crippen LogP contribution < -0.4 is 10.6 Å². The van der Waals surface area contributed by atoms with Gasteiger partial charge in [-0.25, -0.2) is 0 Å². The van der Waals surface area contributed by atoms with Gasteiger partial charge in [-0.2, -0.15) is 0 Å². The minimum absolute atomic E-state index is 0.727. The summed E-state index contributed by atoms with van der Waals surface area (Å²) in [5, 5.41) is 7.48. The van der Waals surface area contributed by atoms with Crippen LogP contribution in [0.3, 0.4) is 0 Å². The normalized spacial score (nSPS) is 31.7. The zero-order chi connectivity index (χ0) is 13.3. The summed E-state index contributed by atoms with van der Waals surface area (Å²) in [5.74, 6) is 0.857. The highest BCUT2D eigenvalue weighted by Crippen LogP contribution is 2.31. The summed E-state index contributed by atoms with van der Waals surface area (Å²) in [6.07, 6.45) is 10.8. The standard InChI is InChI=1S/C16H32N2O/c1-2-3-12-19-13-11-18-16-9-6-7-14(16)15-8-4-5-10-17-15/h14-18H,2-13H2,1H3. The maximum absolute atomic E-state index is 5.64. The Morgan fingerprint density at radius 2 is 2.05 bits per heavy atom. The molecule has 3 nitrogen and oxygen atoms in total. The molecule has 3 heteroatoms. The molecule has 19 heavy (non-hydrogen) atoms. The molecule has 3 unspecified atom stereocenters. The Hall–Kier alpha value is -0.120. The Labute approximate surface area is 118 Å². The SMILES string of the molecule is CCCCOCCNC1CCCC1C1CCCCN1. The molecule has 0 spiro atoms. The largest absolute Gasteiger partial charge is 0.380 e. The number of hydrogen-bond donors (Lipinski definition) is 2. The number of piperidine rings is 1. The molecular weight excluding hydrogens is 236 g/mol. The number of nitrogens with one attached hydrogen (secondary N) is 2. The van der Waals surface area contributed by atoms with Crippen molar-refractivity contribution in [3.63, 3.8) is 0 Å². The van der Waals surface area contributed by atoms with E-state index < -0.39 is 0 Å². The monoisotopic (exact) mass is 268 g/mol. The highest BCUT2D eigenvalue weighted by Gasteiger charge is 2.33. The molecule has 0 aromatic heterocycles. The molecule has 2 rings (SSSR count). The summed E-state index contributed by atoms with van der Waals surface area (Å²) in [6.45, 7) is 6.27. The molecule has 1 aliphatic heterocycles. The minimum atomic E-state index is 0.727. The van der Waals surface area contributed by atoms with Crippen molar-refractivity contribution >= 4 is 0 Å². The van der Waals surface area contributed by atoms with E-state index in [1.165, 1.54) is 57.9 Å². The van der Waals surface area contributed by atoms with Crippen molar-refractivity contribution in [3.8, 4) is 0 Å². The molecule has 1 saturated carbocycles. The third-order valence-corrected chi connectivity index (χ3v) is 4.73. The van der Waals surface area contributed by atoms with Crippen molar-refractivity contribution in [2.24, 2.45) is 5.92 Å². The predicted octanol–water partition coefficient (Wildman–Crippen LogP) is 2.70. The van der Waals surface area contributed by atoms with E-state index in [1.54, 1.807) is 0 Å². The number of rotatable bonds is 8. The molecule has 2 aliphatic rings. The Morgan fingerprint density at radius 1 is 1.11 bits per heavy atom. The van der Waals surface area contributed by atoms with Gasteiger partial charge in [0.1, 0.15) is 0 Å². The van der Waals surface area contributed by atoms with Crippen LogP contribution in [-0.4, -0.2) is 38.4 Å². The zero-order valence-corrected chi connectivity index (χ0v) is 12.6. The van der Waals surface area contributed by atoms with Crippen LogP contribution in [0.1, 0.15) is 58.3 Å². The van der Waals surface area contributed by atoms with Crippen molar-refractivity contribution < 1.29 is 4.74 Å². The van der Waals surface area contributed by atoms with Crippen LogP contribution in [0.15, 0.2) is 0 Å². The van der Waals surface area contributed by atoms with Crippen molar-refractivity contribution in [2.45, 2.75) is 70.4 Å². The molecule has 1 aliphatic carbocycles. The maximum Gasteiger partial charge on any atom is 0.0591 e. The van der Waals surface area contributed by atoms with Gasteiger partial charge in [0, 0.05) is 25.2 Å². The summed E-state index contributed by atoms with van der Waals surface area (Å²) in [6, 6.07) is 1.50. The summed E-state index contributed by atoms with van der Waals surface area (Å²) < 4.78 is 5.64. The number of hydrogen-bond acceptors (Lipinski definition) is 3. The summed E-state index contributed by atoms with van der Waals surface area (Å²) >= 11 is 0. The average Bonchev–Trinajstić information content (AvgIpc) is 2.92. The molecule has 0 amide bonds. The van der Waals surface area contributed by atoms with Gasteiger partial charge >= 0.3 is 0 Å². The van der Waals surface area contributed by atoms with Gasteiger partial charge < -0.3 is 15.4 Å². The van der Waals surface area contributed by atoms with E-state index in [1.807, 2.05) is 0 Å². The fourth-order valence-electron chi connectivity index (χ4n) is 3.63. The van der Waals surface area contributed by atoms with Crippen LogP contribution in [0.4, 0.5) is 0 Å². The van der Waals surface area contributed by atoms with Crippen LogP contribution in [0, 0.1) is 5.92 Å². The third-order valence-electron chi connectivity index (χ3n) is 4.73. The lowest BCUT2D eigenvalue weighted by Gasteiger charge is -2.33. The molecule has 1 heterocycles. The van der Waals surface area contributed by atoms with E-state index >= 15 is 0 Å². The first kappa shape index (κ1) is 15.3. The zero-order valence-electron chi connectivity index (χ0n) is 12.6. The van der Waals surface area contributed by atoms with Crippen LogP contribution in [-0.2, 0) is 4.74 Å². The van der Waals surface area contributed by atoms with E-state index in [4.69, 9.17) is 4.74 Å². The molecule has 3 atom stereocenters. The molecular formula is C16H32N2O. The lowest BCUT2D eigenvalue weighted by molar-refractivity contribution is 0.127. The Bertz CT molecular complexity index is 229. The van der Waals surface area contributed by atoms with Crippen LogP contribution in [0.2, 0.25) is 0 Å². The van der Waals surface area contributed by atoms with Gasteiger partial charge in [-0.1, -0.05) is 26.2 Å². The van der Waals surface area contributed by atoms with E-state index in [-0.39, 0.29) is 0 Å². The fraction of sp³-hybridized carbons (Fsp3) is 1.00. The molecule has 0 radical (unpaired) electrons. The summed E-state index contributed by atoms with van der Waals surface area (Å²) in [4.78, 5) is 0.